The van der Waals surface area contributed by atoms with Crippen molar-refractivity contribution in [3.63, 3.8) is 0 Å². The zero-order valence-corrected chi connectivity index (χ0v) is 15.1. The first-order valence-electron chi connectivity index (χ1n) is 8.66. The van der Waals surface area contributed by atoms with Crippen LogP contribution >= 0.6 is 0 Å². The van der Waals surface area contributed by atoms with Gasteiger partial charge in [-0.1, -0.05) is 36.4 Å². The molecule has 4 heteroatoms. The number of para-hydroxylation sites is 3. The minimum Gasteiger partial charge on any atom is -0.337 e. The van der Waals surface area contributed by atoms with Crippen molar-refractivity contribution in [2.24, 2.45) is 4.99 Å². The lowest BCUT2D eigenvalue weighted by Crippen LogP contribution is -2.00. The van der Waals surface area contributed by atoms with Crippen LogP contribution in [0.25, 0.3) is 22.6 Å². The van der Waals surface area contributed by atoms with E-state index in [1.54, 1.807) is 0 Å². The monoisotopic (exact) mass is 340 g/mol. The van der Waals surface area contributed by atoms with Crippen LogP contribution in [0.3, 0.4) is 0 Å². The molecule has 128 valence electrons. The van der Waals surface area contributed by atoms with Crippen molar-refractivity contribution >= 4 is 22.4 Å². The van der Waals surface area contributed by atoms with E-state index in [2.05, 4.69) is 42.0 Å². The van der Waals surface area contributed by atoms with Crippen molar-refractivity contribution < 1.29 is 0 Å². The van der Waals surface area contributed by atoms with E-state index >= 15 is 0 Å². The van der Waals surface area contributed by atoms with Crippen molar-refractivity contribution in [2.45, 2.75) is 20.8 Å². The van der Waals surface area contributed by atoms with Gasteiger partial charge in [0.1, 0.15) is 5.69 Å². The summed E-state index contributed by atoms with van der Waals surface area (Å²) in [6, 6.07) is 20.2. The van der Waals surface area contributed by atoms with Crippen LogP contribution in [0.15, 0.2) is 65.7 Å². The Morgan fingerprint density at radius 1 is 0.846 bits per heavy atom. The highest BCUT2D eigenvalue weighted by Crippen LogP contribution is 2.24. The molecule has 0 saturated heterocycles. The number of hydrogen-bond acceptors (Lipinski definition) is 3. The summed E-state index contributed by atoms with van der Waals surface area (Å²) < 4.78 is 0. The summed E-state index contributed by atoms with van der Waals surface area (Å²) >= 11 is 0. The molecule has 0 amide bonds. The smallest absolute Gasteiger partial charge is 0.157 e. The highest BCUT2D eigenvalue weighted by atomic mass is 15.0. The molecule has 4 nitrogen and oxygen atoms in total. The lowest BCUT2D eigenvalue weighted by atomic mass is 10.1. The molecular formula is C22H20N4. The van der Waals surface area contributed by atoms with Gasteiger partial charge in [-0.25, -0.2) is 9.97 Å². The molecule has 0 aliphatic carbocycles. The number of hydrogen-bond donors (Lipinski definition) is 1. The third-order valence-corrected chi connectivity index (χ3v) is 4.47. The van der Waals surface area contributed by atoms with Crippen LogP contribution in [-0.4, -0.2) is 20.7 Å². The van der Waals surface area contributed by atoms with Gasteiger partial charge in [0.15, 0.2) is 5.82 Å². The van der Waals surface area contributed by atoms with E-state index in [1.165, 1.54) is 0 Å². The molecule has 26 heavy (non-hydrogen) atoms. The SMILES string of the molecule is CC(=Nc1c(C)cccc1C)c1cccc(-c2nc3ccccc3[nH]2)n1. The molecule has 4 rings (SSSR count). The van der Waals surface area contributed by atoms with E-state index in [0.29, 0.717) is 0 Å². The number of fused-ring (bicyclic) bond motifs is 1. The highest BCUT2D eigenvalue weighted by molar-refractivity contribution is 5.99. The van der Waals surface area contributed by atoms with E-state index < -0.39 is 0 Å². The van der Waals surface area contributed by atoms with Gasteiger partial charge in [-0.05, 0) is 56.2 Å². The normalized spacial score (nSPS) is 11.9. The number of aliphatic imine (C=N–C) groups is 1. The summed E-state index contributed by atoms with van der Waals surface area (Å²) in [5, 5.41) is 0. The number of imidazole rings is 1. The zero-order valence-electron chi connectivity index (χ0n) is 15.1. The lowest BCUT2D eigenvalue weighted by molar-refractivity contribution is 1.21. The van der Waals surface area contributed by atoms with Crippen LogP contribution < -0.4 is 0 Å². The molecule has 0 bridgehead atoms. The second kappa shape index (κ2) is 6.56. The van der Waals surface area contributed by atoms with Crippen LogP contribution in [0.1, 0.15) is 23.7 Å². The van der Waals surface area contributed by atoms with Crippen LogP contribution in [0, 0.1) is 13.8 Å². The van der Waals surface area contributed by atoms with Gasteiger partial charge < -0.3 is 4.98 Å². The number of aryl methyl sites for hydroxylation is 2. The van der Waals surface area contributed by atoms with Gasteiger partial charge in [0.2, 0.25) is 0 Å². The van der Waals surface area contributed by atoms with Crippen LogP contribution in [0.2, 0.25) is 0 Å². The average Bonchev–Trinajstić information content (AvgIpc) is 3.09. The minimum atomic E-state index is 0.771. The van der Waals surface area contributed by atoms with Crippen molar-refractivity contribution in [1.82, 2.24) is 15.0 Å². The Morgan fingerprint density at radius 2 is 1.58 bits per heavy atom. The van der Waals surface area contributed by atoms with Gasteiger partial charge in [0.25, 0.3) is 0 Å². The molecule has 0 radical (unpaired) electrons. The first kappa shape index (κ1) is 16.2. The maximum Gasteiger partial charge on any atom is 0.157 e. The molecule has 0 spiro atoms. The van der Waals surface area contributed by atoms with E-state index in [1.807, 2.05) is 49.4 Å². The third-order valence-electron chi connectivity index (χ3n) is 4.47. The fourth-order valence-electron chi connectivity index (χ4n) is 3.05. The van der Waals surface area contributed by atoms with Gasteiger partial charge in [-0.2, -0.15) is 0 Å². The van der Waals surface area contributed by atoms with E-state index in [4.69, 9.17) is 9.98 Å². The number of aromatic amines is 1. The van der Waals surface area contributed by atoms with Crippen LogP contribution in [0.4, 0.5) is 5.69 Å². The number of rotatable bonds is 3. The summed E-state index contributed by atoms with van der Waals surface area (Å²) in [4.78, 5) is 17.6. The first-order chi connectivity index (χ1) is 12.6. The number of nitrogens with zero attached hydrogens (tertiary/aromatic N) is 3. The van der Waals surface area contributed by atoms with Gasteiger partial charge in [0.05, 0.1) is 28.1 Å². The Kier molecular flexibility index (Phi) is 4.09. The van der Waals surface area contributed by atoms with Crippen LogP contribution in [-0.2, 0) is 0 Å². The second-order valence-corrected chi connectivity index (χ2v) is 6.45. The Hall–Kier alpha value is -3.27. The predicted molar refractivity (Wildman–Crippen MR) is 107 cm³/mol. The molecular weight excluding hydrogens is 320 g/mol. The number of pyridine rings is 1. The largest absolute Gasteiger partial charge is 0.337 e. The number of H-pyrrole nitrogens is 1. The number of benzene rings is 2. The molecule has 0 saturated carbocycles. The van der Waals surface area contributed by atoms with Crippen molar-refractivity contribution in [1.29, 1.82) is 0 Å². The first-order valence-corrected chi connectivity index (χ1v) is 8.66. The Labute approximate surface area is 152 Å². The summed E-state index contributed by atoms with van der Waals surface area (Å²) in [5.41, 5.74) is 7.85. The number of aromatic nitrogens is 3. The fourth-order valence-corrected chi connectivity index (χ4v) is 3.05. The zero-order chi connectivity index (χ0) is 18.1. The van der Waals surface area contributed by atoms with Gasteiger partial charge in [-0.15, -0.1) is 0 Å². The predicted octanol–water partition coefficient (Wildman–Crippen LogP) is 5.38. The standard InChI is InChI=1S/C22H20N4/c1-14-8-6-9-15(2)21(14)23-16(3)17-12-7-13-20(24-17)22-25-18-10-4-5-11-19(18)26-22/h4-13H,1-3H3,(H,25,26). The van der Waals surface area contributed by atoms with E-state index in [-0.39, 0.29) is 0 Å². The lowest BCUT2D eigenvalue weighted by Gasteiger charge is -2.07. The summed E-state index contributed by atoms with van der Waals surface area (Å²) in [6.45, 7) is 6.16. The summed E-state index contributed by atoms with van der Waals surface area (Å²) in [5.74, 6) is 0.771. The highest BCUT2D eigenvalue weighted by Gasteiger charge is 2.09. The molecule has 0 unspecified atom stereocenters. The molecule has 4 aromatic rings. The quantitative estimate of drug-likeness (QED) is 0.509. The Balaban J connectivity index is 1.74. The molecule has 0 fully saturated rings. The topological polar surface area (TPSA) is 53.9 Å². The Morgan fingerprint density at radius 3 is 2.35 bits per heavy atom. The van der Waals surface area contributed by atoms with Crippen molar-refractivity contribution in [3.8, 4) is 11.5 Å². The fraction of sp³-hybridized carbons (Fsp3) is 0.136. The van der Waals surface area contributed by atoms with Gasteiger partial charge in [-0.3, -0.25) is 4.99 Å². The molecule has 0 atom stereocenters. The summed E-state index contributed by atoms with van der Waals surface area (Å²) in [7, 11) is 0. The summed E-state index contributed by atoms with van der Waals surface area (Å²) in [6.07, 6.45) is 0. The maximum atomic E-state index is 4.83. The van der Waals surface area contributed by atoms with Crippen molar-refractivity contribution in [3.05, 3.63) is 77.5 Å². The number of nitrogens with one attached hydrogen (secondary N) is 1. The Bertz CT molecular complexity index is 1070. The van der Waals surface area contributed by atoms with Gasteiger partial charge >= 0.3 is 0 Å². The third kappa shape index (κ3) is 3.02. The molecule has 2 heterocycles. The van der Waals surface area contributed by atoms with E-state index in [9.17, 15) is 0 Å². The molecule has 2 aromatic carbocycles. The maximum absolute atomic E-state index is 4.83. The minimum absolute atomic E-state index is 0.771. The molecule has 0 aliphatic heterocycles. The molecule has 2 aromatic heterocycles. The molecule has 1 N–H and O–H groups in total. The van der Waals surface area contributed by atoms with Gasteiger partial charge in [0, 0.05) is 0 Å². The second-order valence-electron chi connectivity index (χ2n) is 6.45. The molecule has 0 aliphatic rings. The van der Waals surface area contributed by atoms with Crippen LogP contribution in [0.5, 0.6) is 0 Å². The van der Waals surface area contributed by atoms with E-state index in [0.717, 1.165) is 50.8 Å². The van der Waals surface area contributed by atoms with Crippen molar-refractivity contribution in [2.75, 3.05) is 0 Å². The average molecular weight is 340 g/mol.